The van der Waals surface area contributed by atoms with Crippen molar-refractivity contribution in [2.24, 2.45) is 22.6 Å². The summed E-state index contributed by atoms with van der Waals surface area (Å²) in [5.41, 5.74) is 5.94. The predicted octanol–water partition coefficient (Wildman–Crippen LogP) is 0.161. The maximum Gasteiger partial charge on any atom is 0.469 e. The molecule has 92 valence electrons. The normalized spacial score (nSPS) is 26.2. The standard InChI is InChI=1S/C8H15N2O5P/c1-5-8(11)7(2-9)6(3-10-5)4-15-16(12,13)14/h3,6-7,11H,2,4,9H2,1H3,(H2,12,13,14)/t6?,7-/m1/s1. The molecule has 2 atom stereocenters. The number of phosphoric acid groups is 1. The number of aliphatic imine (C=N–C) groups is 1. The minimum absolute atomic E-state index is 0.0457. The van der Waals surface area contributed by atoms with Crippen LogP contribution in [0.5, 0.6) is 0 Å². The monoisotopic (exact) mass is 250 g/mol. The molecule has 0 saturated carbocycles. The van der Waals surface area contributed by atoms with Crippen molar-refractivity contribution in [3.05, 3.63) is 11.5 Å². The number of hydrogen-bond donors (Lipinski definition) is 4. The average Bonchev–Trinajstić information content (AvgIpc) is 2.18. The van der Waals surface area contributed by atoms with Gasteiger partial charge in [-0.05, 0) is 6.92 Å². The Kier molecular flexibility index (Phi) is 4.23. The second-order valence-electron chi connectivity index (χ2n) is 3.54. The zero-order chi connectivity index (χ0) is 12.3. The van der Waals surface area contributed by atoms with Gasteiger partial charge >= 0.3 is 7.82 Å². The van der Waals surface area contributed by atoms with E-state index in [0.29, 0.717) is 5.70 Å². The van der Waals surface area contributed by atoms with Crippen LogP contribution in [0.3, 0.4) is 0 Å². The van der Waals surface area contributed by atoms with Crippen LogP contribution < -0.4 is 5.73 Å². The van der Waals surface area contributed by atoms with E-state index in [-0.39, 0.29) is 18.9 Å². The van der Waals surface area contributed by atoms with Crippen LogP contribution in [0.2, 0.25) is 0 Å². The fourth-order valence-electron chi connectivity index (χ4n) is 1.48. The van der Waals surface area contributed by atoms with Gasteiger partial charge in [-0.15, -0.1) is 0 Å². The van der Waals surface area contributed by atoms with E-state index < -0.39 is 19.7 Å². The van der Waals surface area contributed by atoms with Crippen LogP contribution in [0.25, 0.3) is 0 Å². The van der Waals surface area contributed by atoms with Crippen molar-refractivity contribution >= 4 is 14.0 Å². The highest BCUT2D eigenvalue weighted by Gasteiger charge is 2.29. The van der Waals surface area contributed by atoms with E-state index in [0.717, 1.165) is 0 Å². The smallest absolute Gasteiger partial charge is 0.469 e. The summed E-state index contributed by atoms with van der Waals surface area (Å²) in [5.74, 6) is -0.797. The molecule has 5 N–H and O–H groups in total. The Morgan fingerprint density at radius 3 is 2.75 bits per heavy atom. The van der Waals surface area contributed by atoms with Gasteiger partial charge in [-0.25, -0.2) is 4.57 Å². The van der Waals surface area contributed by atoms with Gasteiger partial charge in [0.1, 0.15) is 5.76 Å². The molecule has 8 heteroatoms. The van der Waals surface area contributed by atoms with Crippen LogP contribution in [-0.2, 0) is 9.09 Å². The maximum atomic E-state index is 10.5. The summed E-state index contributed by atoms with van der Waals surface area (Å²) in [4.78, 5) is 21.0. The van der Waals surface area contributed by atoms with E-state index in [1.54, 1.807) is 6.92 Å². The summed E-state index contributed by atoms with van der Waals surface area (Å²) >= 11 is 0. The van der Waals surface area contributed by atoms with Crippen LogP contribution in [0, 0.1) is 11.8 Å². The zero-order valence-electron chi connectivity index (χ0n) is 8.78. The average molecular weight is 250 g/mol. The van der Waals surface area contributed by atoms with E-state index in [1.165, 1.54) is 6.21 Å². The Bertz CT molecular complexity index is 361. The lowest BCUT2D eigenvalue weighted by Crippen LogP contribution is -2.32. The third kappa shape index (κ3) is 3.40. The van der Waals surface area contributed by atoms with Gasteiger partial charge in [-0.2, -0.15) is 0 Å². The first-order valence-corrected chi connectivity index (χ1v) is 6.22. The van der Waals surface area contributed by atoms with Crippen LogP contribution in [0.15, 0.2) is 16.4 Å². The molecule has 0 spiro atoms. The molecule has 0 aliphatic carbocycles. The Morgan fingerprint density at radius 2 is 2.25 bits per heavy atom. The highest BCUT2D eigenvalue weighted by atomic mass is 31.2. The van der Waals surface area contributed by atoms with E-state index in [4.69, 9.17) is 15.5 Å². The molecular weight excluding hydrogens is 235 g/mol. The molecule has 0 aromatic rings. The molecule has 1 heterocycles. The Hall–Kier alpha value is -0.720. The van der Waals surface area contributed by atoms with Gasteiger partial charge in [0.2, 0.25) is 0 Å². The SMILES string of the molecule is CC1=C(O)[C@H](CN)C(COP(=O)(O)O)C=N1. The minimum atomic E-state index is -4.50. The van der Waals surface area contributed by atoms with Crippen molar-refractivity contribution < 1.29 is 24.0 Å². The fourth-order valence-corrected chi connectivity index (χ4v) is 1.84. The molecule has 16 heavy (non-hydrogen) atoms. The first kappa shape index (κ1) is 13.3. The third-order valence-electron chi connectivity index (χ3n) is 2.39. The first-order valence-electron chi connectivity index (χ1n) is 4.69. The molecule has 1 rings (SSSR count). The Morgan fingerprint density at radius 1 is 1.62 bits per heavy atom. The molecule has 1 unspecified atom stereocenters. The van der Waals surface area contributed by atoms with E-state index in [2.05, 4.69) is 9.52 Å². The van der Waals surface area contributed by atoms with Crippen molar-refractivity contribution in [1.29, 1.82) is 0 Å². The molecule has 1 aliphatic rings. The molecular formula is C8H15N2O5P. The fraction of sp³-hybridized carbons (Fsp3) is 0.625. The lowest BCUT2D eigenvalue weighted by molar-refractivity contribution is 0.161. The van der Waals surface area contributed by atoms with Crippen LogP contribution in [-0.4, -0.2) is 34.3 Å². The van der Waals surface area contributed by atoms with E-state index in [9.17, 15) is 9.67 Å². The molecule has 0 saturated heterocycles. The molecule has 7 nitrogen and oxygen atoms in total. The molecule has 0 fully saturated rings. The molecule has 1 aliphatic heterocycles. The minimum Gasteiger partial charge on any atom is -0.510 e. The van der Waals surface area contributed by atoms with Gasteiger partial charge in [0, 0.05) is 24.6 Å². The van der Waals surface area contributed by atoms with Crippen molar-refractivity contribution in [2.45, 2.75) is 6.92 Å². The topological polar surface area (TPSA) is 125 Å². The lowest BCUT2D eigenvalue weighted by atomic mass is 9.89. The van der Waals surface area contributed by atoms with Gasteiger partial charge in [-0.1, -0.05) is 0 Å². The number of aliphatic hydroxyl groups is 1. The summed E-state index contributed by atoms with van der Waals surface area (Å²) < 4.78 is 14.9. The second kappa shape index (κ2) is 5.07. The van der Waals surface area contributed by atoms with Gasteiger partial charge in [0.05, 0.1) is 12.3 Å². The number of nitrogens with zero attached hydrogens (tertiary/aromatic N) is 1. The molecule has 0 aromatic carbocycles. The van der Waals surface area contributed by atoms with Crippen molar-refractivity contribution in [3.8, 4) is 0 Å². The van der Waals surface area contributed by atoms with Gasteiger partial charge in [-0.3, -0.25) is 9.52 Å². The summed E-state index contributed by atoms with van der Waals surface area (Å²) in [6.07, 6.45) is 1.49. The lowest BCUT2D eigenvalue weighted by Gasteiger charge is -2.26. The summed E-state index contributed by atoms with van der Waals surface area (Å²) in [7, 11) is -4.50. The van der Waals surface area contributed by atoms with Gasteiger partial charge in [0.25, 0.3) is 0 Å². The number of aliphatic hydroxyl groups excluding tert-OH is 1. The Labute approximate surface area is 92.9 Å². The maximum absolute atomic E-state index is 10.5. The molecule has 0 radical (unpaired) electrons. The van der Waals surface area contributed by atoms with E-state index >= 15 is 0 Å². The van der Waals surface area contributed by atoms with Crippen LogP contribution in [0.1, 0.15) is 6.92 Å². The van der Waals surface area contributed by atoms with Gasteiger partial charge < -0.3 is 20.6 Å². The van der Waals surface area contributed by atoms with Crippen molar-refractivity contribution in [1.82, 2.24) is 0 Å². The zero-order valence-corrected chi connectivity index (χ0v) is 9.67. The number of nitrogens with two attached hydrogens (primary N) is 1. The summed E-state index contributed by atoms with van der Waals surface area (Å²) in [6.45, 7) is 1.56. The largest absolute Gasteiger partial charge is 0.510 e. The number of rotatable bonds is 4. The summed E-state index contributed by atoms with van der Waals surface area (Å²) in [5, 5.41) is 9.67. The molecule has 0 bridgehead atoms. The van der Waals surface area contributed by atoms with Crippen molar-refractivity contribution in [2.75, 3.05) is 13.2 Å². The molecule has 0 amide bonds. The van der Waals surface area contributed by atoms with Crippen LogP contribution >= 0.6 is 7.82 Å². The second-order valence-corrected chi connectivity index (χ2v) is 4.78. The van der Waals surface area contributed by atoms with Gasteiger partial charge in [0.15, 0.2) is 0 Å². The number of hydrogen-bond acceptors (Lipinski definition) is 5. The van der Waals surface area contributed by atoms with Crippen LogP contribution in [0.4, 0.5) is 0 Å². The highest BCUT2D eigenvalue weighted by Crippen LogP contribution is 2.37. The molecule has 0 aromatic heterocycles. The third-order valence-corrected chi connectivity index (χ3v) is 2.87. The number of phosphoric ester groups is 1. The summed E-state index contributed by atoms with van der Waals surface area (Å²) in [6, 6.07) is 0. The van der Waals surface area contributed by atoms with E-state index in [1.807, 2.05) is 0 Å². The highest BCUT2D eigenvalue weighted by molar-refractivity contribution is 7.46. The van der Waals surface area contributed by atoms with Crippen molar-refractivity contribution in [3.63, 3.8) is 0 Å². The number of allylic oxidation sites excluding steroid dienone is 1. The quantitative estimate of drug-likeness (QED) is 0.526. The first-order chi connectivity index (χ1) is 7.35. The predicted molar refractivity (Wildman–Crippen MR) is 57.9 cm³/mol. The Balaban J connectivity index is 2.69.